The Labute approximate surface area is 124 Å². The number of aryl methyl sites for hydroxylation is 1. The second-order valence-electron chi connectivity index (χ2n) is 5.62. The van der Waals surface area contributed by atoms with Crippen LogP contribution >= 0.6 is 11.3 Å². The van der Waals surface area contributed by atoms with E-state index < -0.39 is 0 Å². The van der Waals surface area contributed by atoms with Gasteiger partial charge in [-0.05, 0) is 25.3 Å². The quantitative estimate of drug-likeness (QED) is 0.883. The molecule has 1 aliphatic carbocycles. The predicted molar refractivity (Wildman–Crippen MR) is 85.3 cm³/mol. The lowest BCUT2D eigenvalue weighted by atomic mass is 10.1. The van der Waals surface area contributed by atoms with Crippen LogP contribution in [-0.4, -0.2) is 18.1 Å². The number of thiazole rings is 1. The van der Waals surface area contributed by atoms with Gasteiger partial charge in [0.05, 0.1) is 5.69 Å². The maximum Gasteiger partial charge on any atom is 0.185 e. The highest BCUT2D eigenvalue weighted by Crippen LogP contribution is 2.23. The Morgan fingerprint density at radius 2 is 2.05 bits per heavy atom. The lowest BCUT2D eigenvalue weighted by Crippen LogP contribution is -2.17. The van der Waals surface area contributed by atoms with Crippen molar-refractivity contribution in [3.05, 3.63) is 46.5 Å². The van der Waals surface area contributed by atoms with Crippen molar-refractivity contribution >= 4 is 16.5 Å². The van der Waals surface area contributed by atoms with Crippen LogP contribution in [0, 0.1) is 6.92 Å². The van der Waals surface area contributed by atoms with E-state index in [-0.39, 0.29) is 0 Å². The van der Waals surface area contributed by atoms with Gasteiger partial charge in [0.2, 0.25) is 0 Å². The Bertz CT molecular complexity index is 557. The van der Waals surface area contributed by atoms with Gasteiger partial charge < -0.3 is 10.2 Å². The SMILES string of the molecule is Cc1ccc(CN(C)c2nc(CNC3CC3)cs2)cc1. The predicted octanol–water partition coefficient (Wildman–Crippen LogP) is 3.34. The van der Waals surface area contributed by atoms with Gasteiger partial charge >= 0.3 is 0 Å². The average molecular weight is 287 g/mol. The van der Waals surface area contributed by atoms with Gasteiger partial charge in [0, 0.05) is 31.6 Å². The monoisotopic (exact) mass is 287 g/mol. The van der Waals surface area contributed by atoms with Gasteiger partial charge in [0.1, 0.15) is 0 Å². The first-order valence-corrected chi connectivity index (χ1v) is 8.03. The fraction of sp³-hybridized carbons (Fsp3) is 0.438. The minimum Gasteiger partial charge on any atom is -0.347 e. The van der Waals surface area contributed by atoms with Crippen molar-refractivity contribution in [2.24, 2.45) is 0 Å². The van der Waals surface area contributed by atoms with E-state index in [1.54, 1.807) is 11.3 Å². The summed E-state index contributed by atoms with van der Waals surface area (Å²) < 4.78 is 0. The second kappa shape index (κ2) is 5.94. The molecule has 106 valence electrons. The van der Waals surface area contributed by atoms with Crippen molar-refractivity contribution in [2.75, 3.05) is 11.9 Å². The molecule has 1 saturated carbocycles. The van der Waals surface area contributed by atoms with E-state index in [1.165, 1.54) is 24.0 Å². The summed E-state index contributed by atoms with van der Waals surface area (Å²) >= 11 is 1.73. The number of hydrogen-bond acceptors (Lipinski definition) is 4. The summed E-state index contributed by atoms with van der Waals surface area (Å²) in [6.45, 7) is 3.93. The number of rotatable bonds is 6. The number of hydrogen-bond donors (Lipinski definition) is 1. The number of benzene rings is 1. The van der Waals surface area contributed by atoms with Gasteiger partial charge in [-0.1, -0.05) is 29.8 Å². The Morgan fingerprint density at radius 1 is 1.30 bits per heavy atom. The largest absolute Gasteiger partial charge is 0.347 e. The van der Waals surface area contributed by atoms with Crippen molar-refractivity contribution in [1.29, 1.82) is 0 Å². The summed E-state index contributed by atoms with van der Waals surface area (Å²) in [5.41, 5.74) is 3.79. The molecule has 1 heterocycles. The molecule has 1 N–H and O–H groups in total. The highest BCUT2D eigenvalue weighted by Gasteiger charge is 2.20. The van der Waals surface area contributed by atoms with Crippen LogP contribution in [0.3, 0.4) is 0 Å². The lowest BCUT2D eigenvalue weighted by molar-refractivity contribution is 0.676. The molecule has 0 unspecified atom stereocenters. The fourth-order valence-corrected chi connectivity index (χ4v) is 2.92. The maximum atomic E-state index is 4.71. The summed E-state index contributed by atoms with van der Waals surface area (Å²) in [4.78, 5) is 6.92. The number of nitrogens with one attached hydrogen (secondary N) is 1. The first-order chi connectivity index (χ1) is 9.70. The normalized spacial score (nSPS) is 14.5. The third kappa shape index (κ3) is 3.58. The Balaban J connectivity index is 1.58. The first-order valence-electron chi connectivity index (χ1n) is 7.15. The molecule has 0 saturated heterocycles. The van der Waals surface area contributed by atoms with Crippen molar-refractivity contribution in [1.82, 2.24) is 10.3 Å². The highest BCUT2D eigenvalue weighted by molar-refractivity contribution is 7.13. The maximum absolute atomic E-state index is 4.71. The van der Waals surface area contributed by atoms with Crippen molar-refractivity contribution in [2.45, 2.75) is 38.9 Å². The zero-order chi connectivity index (χ0) is 13.9. The number of aromatic nitrogens is 1. The molecule has 3 nitrogen and oxygen atoms in total. The summed E-state index contributed by atoms with van der Waals surface area (Å²) in [5.74, 6) is 0. The average Bonchev–Trinajstić information content (AvgIpc) is 3.15. The van der Waals surface area contributed by atoms with Crippen LogP contribution in [0.5, 0.6) is 0 Å². The molecule has 1 aliphatic rings. The molecule has 0 atom stereocenters. The van der Waals surface area contributed by atoms with Crippen LogP contribution < -0.4 is 10.2 Å². The van der Waals surface area contributed by atoms with E-state index in [1.807, 2.05) is 0 Å². The molecule has 2 aromatic rings. The number of anilines is 1. The minimum atomic E-state index is 0.741. The molecule has 20 heavy (non-hydrogen) atoms. The molecule has 1 aromatic carbocycles. The molecular formula is C16H21N3S. The van der Waals surface area contributed by atoms with E-state index in [0.717, 1.165) is 30.0 Å². The Kier molecular flexibility index (Phi) is 4.03. The van der Waals surface area contributed by atoms with Gasteiger partial charge in [-0.15, -0.1) is 11.3 Å². The third-order valence-corrected chi connectivity index (χ3v) is 4.56. The molecule has 0 spiro atoms. The van der Waals surface area contributed by atoms with Crippen molar-refractivity contribution in [3.63, 3.8) is 0 Å². The summed E-state index contributed by atoms with van der Waals surface area (Å²) in [5, 5.41) is 6.77. The van der Waals surface area contributed by atoms with Crippen LogP contribution in [0.4, 0.5) is 5.13 Å². The molecule has 0 amide bonds. The van der Waals surface area contributed by atoms with E-state index in [0.29, 0.717) is 0 Å². The zero-order valence-electron chi connectivity index (χ0n) is 12.1. The summed E-state index contributed by atoms with van der Waals surface area (Å²) in [6, 6.07) is 9.45. The molecule has 0 aliphatic heterocycles. The molecule has 0 bridgehead atoms. The highest BCUT2D eigenvalue weighted by atomic mass is 32.1. The molecule has 1 fully saturated rings. The first kappa shape index (κ1) is 13.6. The third-order valence-electron chi connectivity index (χ3n) is 3.56. The molecule has 3 rings (SSSR count). The van der Waals surface area contributed by atoms with Crippen LogP contribution in [0.2, 0.25) is 0 Å². The second-order valence-corrected chi connectivity index (χ2v) is 6.45. The van der Waals surface area contributed by atoms with Crippen LogP contribution in [0.1, 0.15) is 29.7 Å². The lowest BCUT2D eigenvalue weighted by Gasteiger charge is -2.15. The standard InChI is InChI=1S/C16H21N3S/c1-12-3-5-13(6-4-12)10-19(2)16-18-15(11-20-16)9-17-14-7-8-14/h3-6,11,14,17H,7-10H2,1-2H3. The minimum absolute atomic E-state index is 0.741. The molecule has 1 aromatic heterocycles. The summed E-state index contributed by atoms with van der Waals surface area (Å²) in [7, 11) is 2.11. The Morgan fingerprint density at radius 3 is 2.75 bits per heavy atom. The molecule has 4 heteroatoms. The Hall–Kier alpha value is -1.39. The van der Waals surface area contributed by atoms with Crippen LogP contribution in [0.15, 0.2) is 29.6 Å². The van der Waals surface area contributed by atoms with Gasteiger partial charge in [-0.3, -0.25) is 0 Å². The van der Waals surface area contributed by atoms with E-state index in [9.17, 15) is 0 Å². The zero-order valence-corrected chi connectivity index (χ0v) is 12.9. The molecule has 0 radical (unpaired) electrons. The molecular weight excluding hydrogens is 266 g/mol. The smallest absolute Gasteiger partial charge is 0.185 e. The summed E-state index contributed by atoms with van der Waals surface area (Å²) in [6.07, 6.45) is 2.65. The van der Waals surface area contributed by atoms with Gasteiger partial charge in [-0.2, -0.15) is 0 Å². The van der Waals surface area contributed by atoms with E-state index >= 15 is 0 Å². The van der Waals surface area contributed by atoms with Crippen molar-refractivity contribution in [3.8, 4) is 0 Å². The fourth-order valence-electron chi connectivity index (χ4n) is 2.12. The van der Waals surface area contributed by atoms with Crippen LogP contribution in [0.25, 0.3) is 0 Å². The van der Waals surface area contributed by atoms with Crippen LogP contribution in [-0.2, 0) is 13.1 Å². The van der Waals surface area contributed by atoms with E-state index in [4.69, 9.17) is 4.98 Å². The van der Waals surface area contributed by atoms with Crippen molar-refractivity contribution < 1.29 is 0 Å². The van der Waals surface area contributed by atoms with Gasteiger partial charge in [0.25, 0.3) is 0 Å². The van der Waals surface area contributed by atoms with Gasteiger partial charge in [-0.25, -0.2) is 4.98 Å². The number of nitrogens with zero attached hydrogens (tertiary/aromatic N) is 2. The van der Waals surface area contributed by atoms with E-state index in [2.05, 4.69) is 53.8 Å². The topological polar surface area (TPSA) is 28.2 Å². The van der Waals surface area contributed by atoms with Gasteiger partial charge in [0.15, 0.2) is 5.13 Å².